The maximum atomic E-state index is 11.9. The van der Waals surface area contributed by atoms with Crippen LogP contribution in [0.2, 0.25) is 0 Å². The Kier molecular flexibility index (Phi) is 7.48. The zero-order chi connectivity index (χ0) is 18.1. The lowest BCUT2D eigenvalue weighted by molar-refractivity contribution is 0.0466. The number of benzene rings is 2. The molecule has 2 aromatic rings. The van der Waals surface area contributed by atoms with Crippen LogP contribution >= 0.6 is 0 Å². The van der Waals surface area contributed by atoms with Gasteiger partial charge in [-0.3, -0.25) is 4.90 Å². The summed E-state index contributed by atoms with van der Waals surface area (Å²) in [6, 6.07) is 15.4. The van der Waals surface area contributed by atoms with Crippen LogP contribution in [0.25, 0.3) is 0 Å². The third-order valence-corrected chi connectivity index (χ3v) is 4.45. The summed E-state index contributed by atoms with van der Waals surface area (Å²) in [6.45, 7) is 10.2. The van der Waals surface area contributed by atoms with E-state index in [1.165, 1.54) is 16.8 Å². The molecule has 1 N–H and O–H groups in total. The number of ether oxygens (including phenoxy) is 1. The predicted molar refractivity (Wildman–Crippen MR) is 103 cm³/mol. The van der Waals surface area contributed by atoms with Gasteiger partial charge in [0.25, 0.3) is 0 Å². The smallest absolute Gasteiger partial charge is 0.338 e. The summed E-state index contributed by atoms with van der Waals surface area (Å²) in [5.41, 5.74) is 4.38. The number of hydrogen-bond acceptors (Lipinski definition) is 4. The molecule has 0 bridgehead atoms. The van der Waals surface area contributed by atoms with Crippen molar-refractivity contribution in [1.29, 1.82) is 0 Å². The fraction of sp³-hybridized carbons (Fsp3) is 0.381. The van der Waals surface area contributed by atoms with Gasteiger partial charge in [0.05, 0.1) is 5.56 Å². The molecule has 0 aliphatic carbocycles. The van der Waals surface area contributed by atoms with Gasteiger partial charge in [-0.15, -0.1) is 0 Å². The molecule has 2 rings (SSSR count). The number of hydrogen-bond donors (Lipinski definition) is 1. The summed E-state index contributed by atoms with van der Waals surface area (Å²) < 4.78 is 5.36. The number of carbonyl (C=O) groups excluding carboxylic acids is 1. The summed E-state index contributed by atoms with van der Waals surface area (Å²) in [5.74, 6) is -0.259. The molecule has 4 heteroatoms. The highest BCUT2D eigenvalue weighted by Gasteiger charge is 2.08. The van der Waals surface area contributed by atoms with Crippen molar-refractivity contribution < 1.29 is 9.53 Å². The standard InChI is InChI=1S/C21H28N2O2/c1-4-23(14-13-22-20-12-8-9-17(2)18(20)3)15-16-25-21(24)19-10-6-5-7-11-19/h5-12,22H,4,13-16H2,1-3H3. The van der Waals surface area contributed by atoms with Crippen LogP contribution in [0.1, 0.15) is 28.4 Å². The molecule has 134 valence electrons. The number of nitrogens with one attached hydrogen (secondary N) is 1. The van der Waals surface area contributed by atoms with Gasteiger partial charge in [-0.1, -0.05) is 37.3 Å². The van der Waals surface area contributed by atoms with Gasteiger partial charge in [-0.05, 0) is 49.7 Å². The molecule has 4 nitrogen and oxygen atoms in total. The number of carbonyl (C=O) groups is 1. The molecule has 0 spiro atoms. The normalized spacial score (nSPS) is 10.7. The summed E-state index contributed by atoms with van der Waals surface area (Å²) in [6.07, 6.45) is 0. The number of likely N-dealkylation sites (N-methyl/N-ethyl adjacent to an activating group) is 1. The first-order chi connectivity index (χ1) is 12.1. The van der Waals surface area contributed by atoms with E-state index in [0.29, 0.717) is 12.2 Å². The molecule has 0 radical (unpaired) electrons. The quantitative estimate of drug-likeness (QED) is 0.703. The summed E-state index contributed by atoms with van der Waals surface area (Å²) in [4.78, 5) is 14.2. The molecule has 0 aromatic heterocycles. The van der Waals surface area contributed by atoms with Crippen molar-refractivity contribution in [3.8, 4) is 0 Å². The number of aryl methyl sites for hydroxylation is 1. The fourth-order valence-electron chi connectivity index (χ4n) is 2.64. The first-order valence-corrected chi connectivity index (χ1v) is 8.86. The first kappa shape index (κ1) is 19.0. The minimum absolute atomic E-state index is 0.259. The molecule has 0 saturated heterocycles. The van der Waals surface area contributed by atoms with Crippen molar-refractivity contribution in [1.82, 2.24) is 4.90 Å². The second-order valence-electron chi connectivity index (χ2n) is 6.11. The Balaban J connectivity index is 1.71. The van der Waals surface area contributed by atoms with Crippen LogP contribution < -0.4 is 5.32 Å². The molecule has 0 fully saturated rings. The molecule has 2 aromatic carbocycles. The first-order valence-electron chi connectivity index (χ1n) is 8.86. The monoisotopic (exact) mass is 340 g/mol. The second kappa shape index (κ2) is 9.84. The molecule has 25 heavy (non-hydrogen) atoms. The predicted octanol–water partition coefficient (Wildman–Crippen LogP) is 3.89. The van der Waals surface area contributed by atoms with Gasteiger partial charge in [0.1, 0.15) is 6.61 Å². The van der Waals surface area contributed by atoms with Crippen LogP contribution in [-0.4, -0.2) is 43.7 Å². The van der Waals surface area contributed by atoms with E-state index in [1.54, 1.807) is 12.1 Å². The Bertz CT molecular complexity index is 671. The summed E-state index contributed by atoms with van der Waals surface area (Å²) in [5, 5.41) is 3.49. The van der Waals surface area contributed by atoms with Crippen LogP contribution in [-0.2, 0) is 4.74 Å². The van der Waals surface area contributed by atoms with E-state index >= 15 is 0 Å². The SMILES string of the molecule is CCN(CCNc1cccc(C)c1C)CCOC(=O)c1ccccc1. The van der Waals surface area contributed by atoms with Crippen molar-refractivity contribution in [3.63, 3.8) is 0 Å². The van der Waals surface area contributed by atoms with Crippen molar-refractivity contribution in [2.45, 2.75) is 20.8 Å². The van der Waals surface area contributed by atoms with Gasteiger partial charge in [-0.2, -0.15) is 0 Å². The van der Waals surface area contributed by atoms with Gasteiger partial charge in [0.15, 0.2) is 0 Å². The second-order valence-corrected chi connectivity index (χ2v) is 6.11. The maximum Gasteiger partial charge on any atom is 0.338 e. The van der Waals surface area contributed by atoms with Crippen molar-refractivity contribution in [2.75, 3.05) is 38.1 Å². The lowest BCUT2D eigenvalue weighted by Crippen LogP contribution is -2.32. The number of anilines is 1. The molecular formula is C21H28N2O2. The zero-order valence-corrected chi connectivity index (χ0v) is 15.4. The highest BCUT2D eigenvalue weighted by molar-refractivity contribution is 5.89. The Labute approximate surface area is 150 Å². The van der Waals surface area contributed by atoms with Crippen molar-refractivity contribution in [2.24, 2.45) is 0 Å². The largest absolute Gasteiger partial charge is 0.461 e. The van der Waals surface area contributed by atoms with E-state index in [4.69, 9.17) is 4.74 Å². The third-order valence-electron chi connectivity index (χ3n) is 4.45. The molecule has 0 atom stereocenters. The minimum Gasteiger partial charge on any atom is -0.461 e. The van der Waals surface area contributed by atoms with Crippen LogP contribution in [0.3, 0.4) is 0 Å². The fourth-order valence-corrected chi connectivity index (χ4v) is 2.64. The Morgan fingerprint density at radius 2 is 1.80 bits per heavy atom. The highest BCUT2D eigenvalue weighted by Crippen LogP contribution is 2.17. The molecule has 0 heterocycles. The van der Waals surface area contributed by atoms with E-state index in [0.717, 1.165) is 26.2 Å². The molecule has 0 aliphatic heterocycles. The maximum absolute atomic E-state index is 11.9. The topological polar surface area (TPSA) is 41.6 Å². The van der Waals surface area contributed by atoms with E-state index < -0.39 is 0 Å². The van der Waals surface area contributed by atoms with Crippen molar-refractivity contribution >= 4 is 11.7 Å². The lowest BCUT2D eigenvalue weighted by Gasteiger charge is -2.21. The Hall–Kier alpha value is -2.33. The lowest BCUT2D eigenvalue weighted by atomic mass is 10.1. The average Bonchev–Trinajstić information content (AvgIpc) is 2.64. The number of rotatable bonds is 9. The minimum atomic E-state index is -0.259. The van der Waals surface area contributed by atoms with Gasteiger partial charge < -0.3 is 10.1 Å². The summed E-state index contributed by atoms with van der Waals surface area (Å²) >= 11 is 0. The van der Waals surface area contributed by atoms with Crippen molar-refractivity contribution in [3.05, 3.63) is 65.2 Å². The third kappa shape index (κ3) is 5.91. The van der Waals surface area contributed by atoms with Crippen LogP contribution in [0.4, 0.5) is 5.69 Å². The zero-order valence-electron chi connectivity index (χ0n) is 15.4. The van der Waals surface area contributed by atoms with Crippen LogP contribution in [0.5, 0.6) is 0 Å². The summed E-state index contributed by atoms with van der Waals surface area (Å²) in [7, 11) is 0. The van der Waals surface area contributed by atoms with E-state index in [9.17, 15) is 4.79 Å². The van der Waals surface area contributed by atoms with Crippen LogP contribution in [0, 0.1) is 13.8 Å². The van der Waals surface area contributed by atoms with Crippen LogP contribution in [0.15, 0.2) is 48.5 Å². The molecule has 0 aliphatic rings. The molecular weight excluding hydrogens is 312 g/mol. The average molecular weight is 340 g/mol. The number of nitrogens with zero attached hydrogens (tertiary/aromatic N) is 1. The Morgan fingerprint density at radius 3 is 2.52 bits per heavy atom. The van der Waals surface area contributed by atoms with E-state index in [2.05, 4.69) is 49.2 Å². The molecule has 0 unspecified atom stereocenters. The van der Waals surface area contributed by atoms with E-state index in [1.807, 2.05) is 18.2 Å². The molecule has 0 saturated carbocycles. The van der Waals surface area contributed by atoms with E-state index in [-0.39, 0.29) is 5.97 Å². The van der Waals surface area contributed by atoms with Gasteiger partial charge in [0.2, 0.25) is 0 Å². The highest BCUT2D eigenvalue weighted by atomic mass is 16.5. The van der Waals surface area contributed by atoms with Gasteiger partial charge in [0, 0.05) is 25.3 Å². The number of esters is 1. The Morgan fingerprint density at radius 1 is 1.04 bits per heavy atom. The van der Waals surface area contributed by atoms with Gasteiger partial charge in [-0.25, -0.2) is 4.79 Å². The molecule has 0 amide bonds. The van der Waals surface area contributed by atoms with Gasteiger partial charge >= 0.3 is 5.97 Å².